The van der Waals surface area contributed by atoms with Crippen molar-refractivity contribution in [1.29, 1.82) is 0 Å². The van der Waals surface area contributed by atoms with Crippen LogP contribution in [0.25, 0.3) is 11.3 Å². The number of aliphatic hydroxyl groups excluding tert-OH is 1. The average Bonchev–Trinajstić information content (AvgIpc) is 3.27. The Labute approximate surface area is 138 Å². The van der Waals surface area contributed by atoms with Crippen molar-refractivity contribution in [2.45, 2.75) is 18.9 Å². The number of hydrogen-bond acceptors (Lipinski definition) is 3. The number of carbonyl (C=O) groups excluding carboxylic acids is 1. The summed E-state index contributed by atoms with van der Waals surface area (Å²) < 4.78 is 13.3. The van der Waals surface area contributed by atoms with Gasteiger partial charge in [0.05, 0.1) is 28.6 Å². The summed E-state index contributed by atoms with van der Waals surface area (Å²) >= 11 is 5.80. The van der Waals surface area contributed by atoms with E-state index in [-0.39, 0.29) is 17.5 Å². The maximum absolute atomic E-state index is 13.3. The monoisotopic (exact) mass is 337 g/mol. The minimum absolute atomic E-state index is 0.0204. The van der Waals surface area contributed by atoms with Crippen molar-refractivity contribution in [2.24, 2.45) is 5.92 Å². The third-order valence-electron chi connectivity index (χ3n) is 4.05. The topological polar surface area (TPSA) is 69.2 Å². The molecule has 5 nitrogen and oxygen atoms in total. The standard InChI is InChI=1S/C16H17ClFN3O2/c1-21(8-14(22)9-2-3-9)16(23)11-7-19-20-15(11)10-4-5-13(18)12(17)6-10/h4-7,9,14,22H,2-3,8H2,1H3,(H,19,20). The molecule has 1 aromatic heterocycles. The largest absolute Gasteiger partial charge is 0.391 e. The van der Waals surface area contributed by atoms with Gasteiger partial charge in [0, 0.05) is 19.2 Å². The summed E-state index contributed by atoms with van der Waals surface area (Å²) in [6, 6.07) is 4.22. The zero-order valence-electron chi connectivity index (χ0n) is 12.6. The highest BCUT2D eigenvalue weighted by Crippen LogP contribution is 2.33. The highest BCUT2D eigenvalue weighted by Gasteiger charge is 2.31. The fourth-order valence-corrected chi connectivity index (χ4v) is 2.70. The van der Waals surface area contributed by atoms with Crippen LogP contribution in [0.1, 0.15) is 23.2 Å². The molecular formula is C16H17ClFN3O2. The molecule has 122 valence electrons. The van der Waals surface area contributed by atoms with Crippen LogP contribution in [0.4, 0.5) is 4.39 Å². The second-order valence-electron chi connectivity index (χ2n) is 5.88. The number of halogens is 2. The lowest BCUT2D eigenvalue weighted by molar-refractivity contribution is 0.0646. The molecule has 0 spiro atoms. The molecule has 1 aliphatic rings. The first-order chi connectivity index (χ1) is 11.0. The Morgan fingerprint density at radius 3 is 2.96 bits per heavy atom. The van der Waals surface area contributed by atoms with E-state index >= 15 is 0 Å². The molecule has 2 aromatic rings. The van der Waals surface area contributed by atoms with E-state index in [2.05, 4.69) is 10.2 Å². The van der Waals surface area contributed by atoms with E-state index in [1.54, 1.807) is 7.05 Å². The van der Waals surface area contributed by atoms with Crippen molar-refractivity contribution in [2.75, 3.05) is 13.6 Å². The zero-order chi connectivity index (χ0) is 16.6. The van der Waals surface area contributed by atoms with Gasteiger partial charge in [0.2, 0.25) is 0 Å². The molecule has 1 aliphatic carbocycles. The van der Waals surface area contributed by atoms with Gasteiger partial charge in [-0.15, -0.1) is 0 Å². The maximum atomic E-state index is 13.3. The second kappa shape index (κ2) is 6.29. The average molecular weight is 338 g/mol. The molecule has 0 aliphatic heterocycles. The number of nitrogens with zero attached hydrogens (tertiary/aromatic N) is 2. The van der Waals surface area contributed by atoms with Crippen LogP contribution in [-0.4, -0.2) is 45.8 Å². The Kier molecular flexibility index (Phi) is 4.37. The number of aromatic amines is 1. The molecular weight excluding hydrogens is 321 g/mol. The summed E-state index contributed by atoms with van der Waals surface area (Å²) in [5.41, 5.74) is 1.41. The van der Waals surface area contributed by atoms with Crippen molar-refractivity contribution in [3.8, 4) is 11.3 Å². The molecule has 1 saturated carbocycles. The van der Waals surface area contributed by atoms with Gasteiger partial charge in [-0.05, 0) is 37.0 Å². The number of carbonyl (C=O) groups is 1. The molecule has 0 saturated heterocycles. The maximum Gasteiger partial charge on any atom is 0.257 e. The second-order valence-corrected chi connectivity index (χ2v) is 6.29. The minimum atomic E-state index is -0.521. The Morgan fingerprint density at radius 1 is 1.57 bits per heavy atom. The van der Waals surface area contributed by atoms with Crippen molar-refractivity contribution in [1.82, 2.24) is 15.1 Å². The molecule has 1 heterocycles. The summed E-state index contributed by atoms with van der Waals surface area (Å²) in [7, 11) is 1.64. The molecule has 1 amide bonds. The molecule has 3 rings (SSSR count). The van der Waals surface area contributed by atoms with Crippen molar-refractivity contribution < 1.29 is 14.3 Å². The lowest BCUT2D eigenvalue weighted by Gasteiger charge is -2.20. The first-order valence-corrected chi connectivity index (χ1v) is 7.77. The summed E-state index contributed by atoms with van der Waals surface area (Å²) in [6.07, 6.45) is 2.94. The number of rotatable bonds is 5. The highest BCUT2D eigenvalue weighted by atomic mass is 35.5. The van der Waals surface area contributed by atoms with E-state index in [1.807, 2.05) is 0 Å². The number of aromatic nitrogens is 2. The van der Waals surface area contributed by atoms with Gasteiger partial charge in [-0.3, -0.25) is 9.89 Å². The minimum Gasteiger partial charge on any atom is -0.391 e. The van der Waals surface area contributed by atoms with Gasteiger partial charge in [0.25, 0.3) is 5.91 Å². The number of likely N-dealkylation sites (N-methyl/N-ethyl adjacent to an activating group) is 1. The molecule has 0 radical (unpaired) electrons. The van der Waals surface area contributed by atoms with E-state index in [4.69, 9.17) is 11.6 Å². The van der Waals surface area contributed by atoms with E-state index in [1.165, 1.54) is 29.3 Å². The molecule has 2 N–H and O–H groups in total. The number of aliphatic hydroxyl groups is 1. The summed E-state index contributed by atoms with van der Waals surface area (Å²) in [5.74, 6) is -0.480. The first-order valence-electron chi connectivity index (χ1n) is 7.39. The number of hydrogen-bond donors (Lipinski definition) is 2. The number of benzene rings is 1. The summed E-state index contributed by atoms with van der Waals surface area (Å²) in [5, 5.41) is 16.6. The molecule has 0 bridgehead atoms. The Bertz CT molecular complexity index is 730. The van der Waals surface area contributed by atoms with Gasteiger partial charge in [-0.2, -0.15) is 5.10 Å². The van der Waals surface area contributed by atoms with Crippen LogP contribution >= 0.6 is 11.6 Å². The highest BCUT2D eigenvalue weighted by molar-refractivity contribution is 6.31. The predicted octanol–water partition coefficient (Wildman–Crippen LogP) is 2.71. The lowest BCUT2D eigenvalue weighted by atomic mass is 10.1. The third kappa shape index (κ3) is 3.38. The molecule has 7 heteroatoms. The number of nitrogens with one attached hydrogen (secondary N) is 1. The van der Waals surface area contributed by atoms with Gasteiger partial charge in [-0.1, -0.05) is 11.6 Å². The fraction of sp³-hybridized carbons (Fsp3) is 0.375. The fourth-order valence-electron chi connectivity index (χ4n) is 2.52. The normalized spacial score (nSPS) is 15.5. The van der Waals surface area contributed by atoms with Gasteiger partial charge in [0.1, 0.15) is 5.82 Å². The molecule has 1 fully saturated rings. The SMILES string of the molecule is CN(CC(O)C1CC1)C(=O)c1cn[nH]c1-c1ccc(F)c(Cl)c1. The Morgan fingerprint density at radius 2 is 2.30 bits per heavy atom. The first kappa shape index (κ1) is 16.0. The zero-order valence-corrected chi connectivity index (χ0v) is 13.3. The quantitative estimate of drug-likeness (QED) is 0.881. The van der Waals surface area contributed by atoms with E-state index in [0.717, 1.165) is 12.8 Å². The van der Waals surface area contributed by atoms with Crippen molar-refractivity contribution in [3.05, 3.63) is 40.8 Å². The smallest absolute Gasteiger partial charge is 0.257 e. The van der Waals surface area contributed by atoms with Gasteiger partial charge in [-0.25, -0.2) is 4.39 Å². The Hall–Kier alpha value is -1.92. The molecule has 1 unspecified atom stereocenters. The van der Waals surface area contributed by atoms with Crippen LogP contribution in [0.15, 0.2) is 24.4 Å². The van der Waals surface area contributed by atoms with Crippen LogP contribution < -0.4 is 0 Å². The Balaban J connectivity index is 1.81. The van der Waals surface area contributed by atoms with Crippen LogP contribution in [0.2, 0.25) is 5.02 Å². The summed E-state index contributed by atoms with van der Waals surface area (Å²) in [4.78, 5) is 14.1. The van der Waals surface area contributed by atoms with Crippen LogP contribution in [0.5, 0.6) is 0 Å². The van der Waals surface area contributed by atoms with E-state index < -0.39 is 11.9 Å². The lowest BCUT2D eigenvalue weighted by Crippen LogP contribution is -2.35. The van der Waals surface area contributed by atoms with Crippen LogP contribution in [0, 0.1) is 11.7 Å². The van der Waals surface area contributed by atoms with Crippen molar-refractivity contribution in [3.63, 3.8) is 0 Å². The van der Waals surface area contributed by atoms with Crippen LogP contribution in [-0.2, 0) is 0 Å². The van der Waals surface area contributed by atoms with Gasteiger partial charge < -0.3 is 10.0 Å². The summed E-state index contributed by atoms with van der Waals surface area (Å²) in [6.45, 7) is 0.276. The van der Waals surface area contributed by atoms with Gasteiger partial charge >= 0.3 is 0 Å². The van der Waals surface area contributed by atoms with Crippen molar-refractivity contribution >= 4 is 17.5 Å². The molecule has 1 aromatic carbocycles. The van der Waals surface area contributed by atoms with E-state index in [9.17, 15) is 14.3 Å². The van der Waals surface area contributed by atoms with Crippen LogP contribution in [0.3, 0.4) is 0 Å². The number of amides is 1. The third-order valence-corrected chi connectivity index (χ3v) is 4.34. The molecule has 1 atom stereocenters. The van der Waals surface area contributed by atoms with E-state index in [0.29, 0.717) is 22.7 Å². The predicted molar refractivity (Wildman–Crippen MR) is 84.7 cm³/mol. The number of H-pyrrole nitrogens is 1. The van der Waals surface area contributed by atoms with Gasteiger partial charge in [0.15, 0.2) is 0 Å². The molecule has 23 heavy (non-hydrogen) atoms.